The SMILES string of the molecule is COc1cccc(Oc2ccc(-c3ccc(Oc4cccc(-n5c(=O)c6cc7c(=O)n(C)c(=O)c7cc6c5=O)c4)cc3)cc2)c1. The van der Waals surface area contributed by atoms with Gasteiger partial charge in [-0.15, -0.1) is 0 Å². The van der Waals surface area contributed by atoms with Gasteiger partial charge in [-0.1, -0.05) is 36.4 Å². The van der Waals surface area contributed by atoms with Gasteiger partial charge in [0.05, 0.1) is 34.3 Å². The highest BCUT2D eigenvalue weighted by molar-refractivity contribution is 5.98. The van der Waals surface area contributed by atoms with Crippen LogP contribution in [-0.4, -0.2) is 16.2 Å². The fourth-order valence-corrected chi connectivity index (χ4v) is 5.38. The summed E-state index contributed by atoms with van der Waals surface area (Å²) in [6.07, 6.45) is 0. The van der Waals surface area contributed by atoms with Crippen LogP contribution in [0.2, 0.25) is 0 Å². The normalized spacial score (nSPS) is 11.2. The maximum Gasteiger partial charge on any atom is 0.266 e. The van der Waals surface area contributed by atoms with Crippen LogP contribution in [0.3, 0.4) is 0 Å². The Bertz CT molecular complexity index is 2370. The molecule has 0 saturated heterocycles. The van der Waals surface area contributed by atoms with E-state index < -0.39 is 22.2 Å². The van der Waals surface area contributed by atoms with E-state index in [-0.39, 0.29) is 21.5 Å². The Balaban J connectivity index is 1.11. The summed E-state index contributed by atoms with van der Waals surface area (Å²) >= 11 is 0. The molecule has 7 rings (SSSR count). The number of aromatic nitrogens is 2. The Hall–Kier alpha value is -6.22. The Morgan fingerprint density at radius 1 is 0.467 bits per heavy atom. The molecule has 45 heavy (non-hydrogen) atoms. The van der Waals surface area contributed by atoms with Crippen molar-refractivity contribution >= 4 is 21.5 Å². The molecule has 0 unspecified atom stereocenters. The summed E-state index contributed by atoms with van der Waals surface area (Å²) in [5, 5.41) is 0.388. The van der Waals surface area contributed by atoms with E-state index in [1.165, 1.54) is 19.2 Å². The summed E-state index contributed by atoms with van der Waals surface area (Å²) in [5.41, 5.74) is 0.115. The number of hydrogen-bond acceptors (Lipinski definition) is 7. The fourth-order valence-electron chi connectivity index (χ4n) is 5.38. The molecule has 9 heteroatoms. The standard InChI is InChI=1S/C36H24N2O7/c1-37-33(39)29-19-31-32(20-30(29)34(37)40)36(42)38(35(31)41)23-5-3-7-27(17-23)44-24-13-9-21(10-14-24)22-11-15-25(16-12-22)45-28-8-4-6-26(18-28)43-2/h3-20H,1-2H3. The zero-order valence-electron chi connectivity index (χ0n) is 24.1. The van der Waals surface area contributed by atoms with E-state index >= 15 is 0 Å². The lowest BCUT2D eigenvalue weighted by Crippen LogP contribution is -2.23. The predicted molar refractivity (Wildman–Crippen MR) is 172 cm³/mol. The molecule has 0 spiro atoms. The van der Waals surface area contributed by atoms with E-state index in [1.807, 2.05) is 72.8 Å². The fraction of sp³-hybridized carbons (Fsp3) is 0.0556. The molecule has 0 aliphatic heterocycles. The highest BCUT2D eigenvalue weighted by Crippen LogP contribution is 2.30. The van der Waals surface area contributed by atoms with Crippen molar-refractivity contribution in [3.05, 3.63) is 151 Å². The first-order valence-corrected chi connectivity index (χ1v) is 14.0. The Morgan fingerprint density at radius 3 is 1.42 bits per heavy atom. The molecular formula is C36H24N2O7. The molecule has 9 nitrogen and oxygen atoms in total. The number of fused-ring (bicyclic) bond motifs is 2. The quantitative estimate of drug-likeness (QED) is 0.233. The first-order chi connectivity index (χ1) is 21.8. The monoisotopic (exact) mass is 596 g/mol. The molecule has 0 fully saturated rings. The summed E-state index contributed by atoms with van der Waals surface area (Å²) in [6, 6.07) is 31.9. The largest absolute Gasteiger partial charge is 0.497 e. The molecule has 0 atom stereocenters. The molecule has 220 valence electrons. The van der Waals surface area contributed by atoms with Crippen LogP contribution < -0.4 is 36.4 Å². The molecular weight excluding hydrogens is 572 g/mol. The van der Waals surface area contributed by atoms with Crippen LogP contribution in [0.1, 0.15) is 0 Å². The van der Waals surface area contributed by atoms with Gasteiger partial charge in [0, 0.05) is 19.2 Å². The topological polar surface area (TPSA) is 106 Å². The Morgan fingerprint density at radius 2 is 0.911 bits per heavy atom. The van der Waals surface area contributed by atoms with Crippen molar-refractivity contribution in [3.8, 4) is 45.6 Å². The van der Waals surface area contributed by atoms with E-state index in [2.05, 4.69) is 0 Å². The third-order valence-electron chi connectivity index (χ3n) is 7.73. The smallest absolute Gasteiger partial charge is 0.266 e. The molecule has 0 amide bonds. The first-order valence-electron chi connectivity index (χ1n) is 14.0. The minimum atomic E-state index is -0.575. The second-order valence-corrected chi connectivity index (χ2v) is 10.5. The first kappa shape index (κ1) is 27.6. The zero-order chi connectivity index (χ0) is 31.2. The number of nitrogens with zero attached hydrogens (tertiary/aromatic N) is 2. The van der Waals surface area contributed by atoms with Crippen molar-refractivity contribution in [3.63, 3.8) is 0 Å². The number of benzene rings is 5. The van der Waals surface area contributed by atoms with Gasteiger partial charge in [-0.25, -0.2) is 4.57 Å². The summed E-state index contributed by atoms with van der Waals surface area (Å²) < 4.78 is 19.2. The van der Waals surface area contributed by atoms with Crippen LogP contribution >= 0.6 is 0 Å². The van der Waals surface area contributed by atoms with Gasteiger partial charge in [0.1, 0.15) is 28.7 Å². The van der Waals surface area contributed by atoms with Gasteiger partial charge in [0.15, 0.2) is 0 Å². The van der Waals surface area contributed by atoms with Gasteiger partial charge in [0.25, 0.3) is 22.2 Å². The third kappa shape index (κ3) is 4.86. The van der Waals surface area contributed by atoms with E-state index in [0.29, 0.717) is 28.7 Å². The van der Waals surface area contributed by atoms with Crippen molar-refractivity contribution in [2.24, 2.45) is 7.05 Å². The van der Waals surface area contributed by atoms with Crippen LogP contribution in [0.15, 0.2) is 128 Å². The van der Waals surface area contributed by atoms with Gasteiger partial charge in [0.2, 0.25) is 0 Å². The van der Waals surface area contributed by atoms with E-state index in [1.54, 1.807) is 31.4 Å². The van der Waals surface area contributed by atoms with Gasteiger partial charge >= 0.3 is 0 Å². The van der Waals surface area contributed by atoms with E-state index in [0.717, 1.165) is 26.0 Å². The predicted octanol–water partition coefficient (Wildman–Crippen LogP) is 5.70. The molecule has 0 aliphatic carbocycles. The van der Waals surface area contributed by atoms with Crippen LogP contribution in [0, 0.1) is 0 Å². The number of methoxy groups -OCH3 is 1. The second kappa shape index (κ2) is 10.8. The zero-order valence-corrected chi connectivity index (χ0v) is 24.1. The summed E-state index contributed by atoms with van der Waals surface area (Å²) in [7, 11) is 2.97. The lowest BCUT2D eigenvalue weighted by atomic mass is 10.1. The molecule has 5 aromatic carbocycles. The van der Waals surface area contributed by atoms with Crippen molar-refractivity contribution in [1.82, 2.24) is 9.13 Å². The van der Waals surface area contributed by atoms with Crippen LogP contribution in [0.4, 0.5) is 0 Å². The average Bonchev–Trinajstić information content (AvgIpc) is 3.44. The maximum absolute atomic E-state index is 13.3. The Kier molecular flexibility index (Phi) is 6.63. The molecule has 0 aliphatic rings. The third-order valence-corrected chi connectivity index (χ3v) is 7.73. The summed E-state index contributed by atoms with van der Waals surface area (Å²) in [6.45, 7) is 0. The number of ether oxygens (including phenoxy) is 3. The summed E-state index contributed by atoms with van der Waals surface area (Å²) in [4.78, 5) is 51.5. The van der Waals surface area contributed by atoms with Crippen molar-refractivity contribution in [2.75, 3.05) is 7.11 Å². The van der Waals surface area contributed by atoms with Crippen LogP contribution in [0.5, 0.6) is 28.7 Å². The maximum atomic E-state index is 13.3. The molecule has 0 bridgehead atoms. The van der Waals surface area contributed by atoms with Gasteiger partial charge in [-0.3, -0.25) is 23.7 Å². The molecule has 2 heterocycles. The van der Waals surface area contributed by atoms with Crippen LogP contribution in [0.25, 0.3) is 38.4 Å². The van der Waals surface area contributed by atoms with Crippen molar-refractivity contribution < 1.29 is 14.2 Å². The highest BCUT2D eigenvalue weighted by atomic mass is 16.5. The van der Waals surface area contributed by atoms with Crippen molar-refractivity contribution in [2.45, 2.75) is 0 Å². The number of hydrogen-bond donors (Lipinski definition) is 0. The van der Waals surface area contributed by atoms with Gasteiger partial charge in [-0.2, -0.15) is 0 Å². The second-order valence-electron chi connectivity index (χ2n) is 10.5. The average molecular weight is 597 g/mol. The minimum Gasteiger partial charge on any atom is -0.497 e. The Labute approximate surface area is 255 Å². The van der Waals surface area contributed by atoms with E-state index in [4.69, 9.17) is 14.2 Å². The highest BCUT2D eigenvalue weighted by Gasteiger charge is 2.19. The van der Waals surface area contributed by atoms with E-state index in [9.17, 15) is 19.2 Å². The molecule has 2 aromatic heterocycles. The number of rotatable bonds is 7. The van der Waals surface area contributed by atoms with Crippen LogP contribution in [-0.2, 0) is 7.05 Å². The lowest BCUT2D eigenvalue weighted by molar-refractivity contribution is 0.409. The molecule has 0 saturated carbocycles. The van der Waals surface area contributed by atoms with Crippen molar-refractivity contribution in [1.29, 1.82) is 0 Å². The van der Waals surface area contributed by atoms with Gasteiger partial charge < -0.3 is 14.2 Å². The molecule has 7 aromatic rings. The lowest BCUT2D eigenvalue weighted by Gasteiger charge is -2.10. The summed E-state index contributed by atoms with van der Waals surface area (Å²) in [5.74, 6) is 3.08. The molecule has 0 N–H and O–H groups in total. The van der Waals surface area contributed by atoms with Gasteiger partial charge in [-0.05, 0) is 71.8 Å². The minimum absolute atomic E-state index is 0.0806. The molecule has 0 radical (unpaired) electrons.